The zero-order valence-corrected chi connectivity index (χ0v) is 8.94. The molecule has 1 aromatic rings. The zero-order valence-electron chi connectivity index (χ0n) is 8.18. The molecule has 0 radical (unpaired) electrons. The van der Waals surface area contributed by atoms with Crippen LogP contribution in [0.2, 0.25) is 0 Å². The third kappa shape index (κ3) is 3.70. The Morgan fingerprint density at radius 3 is 2.75 bits per heavy atom. The number of aromatic nitrogens is 1. The number of hydrogen-bond donors (Lipinski definition) is 2. The average molecular weight is 241 g/mol. The van der Waals surface area contributed by atoms with Crippen molar-refractivity contribution in [1.82, 2.24) is 4.98 Å². The van der Waals surface area contributed by atoms with E-state index in [9.17, 15) is 9.59 Å². The lowest BCUT2D eigenvalue weighted by atomic mass is 10.3. The molecule has 0 aromatic carbocycles. The maximum Gasteiger partial charge on any atom is 0.337 e. The SMILES string of the molecule is O=C(C=CCCl)Nc1ccc(C(=O)O)cn1. The Morgan fingerprint density at radius 2 is 2.25 bits per heavy atom. The molecule has 0 saturated carbocycles. The van der Waals surface area contributed by atoms with Gasteiger partial charge in [-0.05, 0) is 12.1 Å². The number of anilines is 1. The van der Waals surface area contributed by atoms with Gasteiger partial charge in [-0.1, -0.05) is 6.08 Å². The number of carbonyl (C=O) groups is 2. The second kappa shape index (κ2) is 5.87. The molecule has 2 N–H and O–H groups in total. The minimum absolute atomic E-state index is 0.0642. The fourth-order valence-corrected chi connectivity index (χ4v) is 1.00. The highest BCUT2D eigenvalue weighted by Gasteiger charge is 2.03. The van der Waals surface area contributed by atoms with Gasteiger partial charge in [0.2, 0.25) is 5.91 Å². The van der Waals surface area contributed by atoms with Gasteiger partial charge in [0.1, 0.15) is 5.82 Å². The number of pyridine rings is 1. The van der Waals surface area contributed by atoms with Crippen LogP contribution in [0.25, 0.3) is 0 Å². The van der Waals surface area contributed by atoms with E-state index in [0.29, 0.717) is 0 Å². The third-order valence-corrected chi connectivity index (χ3v) is 1.80. The second-order valence-corrected chi connectivity index (χ2v) is 3.09. The van der Waals surface area contributed by atoms with E-state index >= 15 is 0 Å². The van der Waals surface area contributed by atoms with Crippen LogP contribution < -0.4 is 5.32 Å². The molecule has 5 nitrogen and oxygen atoms in total. The van der Waals surface area contributed by atoms with Gasteiger partial charge < -0.3 is 10.4 Å². The van der Waals surface area contributed by atoms with Gasteiger partial charge in [0.15, 0.2) is 0 Å². The number of nitrogens with zero attached hydrogens (tertiary/aromatic N) is 1. The molecular weight excluding hydrogens is 232 g/mol. The van der Waals surface area contributed by atoms with Crippen molar-refractivity contribution >= 4 is 29.3 Å². The molecule has 16 heavy (non-hydrogen) atoms. The summed E-state index contributed by atoms with van der Waals surface area (Å²) >= 11 is 5.36. The lowest BCUT2D eigenvalue weighted by Crippen LogP contribution is -2.09. The molecule has 0 unspecified atom stereocenters. The van der Waals surface area contributed by atoms with E-state index in [1.165, 1.54) is 30.5 Å². The quantitative estimate of drug-likeness (QED) is 0.618. The van der Waals surface area contributed by atoms with E-state index in [1.807, 2.05) is 0 Å². The zero-order chi connectivity index (χ0) is 12.0. The minimum Gasteiger partial charge on any atom is -0.478 e. The highest BCUT2D eigenvalue weighted by atomic mass is 35.5. The molecule has 6 heteroatoms. The normalized spacial score (nSPS) is 10.3. The molecule has 1 amide bonds. The molecule has 0 aliphatic rings. The highest BCUT2D eigenvalue weighted by Crippen LogP contribution is 2.04. The van der Waals surface area contributed by atoms with Gasteiger partial charge in [-0.3, -0.25) is 4.79 Å². The highest BCUT2D eigenvalue weighted by molar-refractivity contribution is 6.19. The molecule has 1 rings (SSSR count). The maximum atomic E-state index is 11.2. The topological polar surface area (TPSA) is 79.3 Å². The van der Waals surface area contributed by atoms with Crippen LogP contribution >= 0.6 is 11.6 Å². The summed E-state index contributed by atoms with van der Waals surface area (Å²) in [6, 6.07) is 2.77. The van der Waals surface area contributed by atoms with Crippen molar-refractivity contribution in [2.45, 2.75) is 0 Å². The van der Waals surface area contributed by atoms with Gasteiger partial charge in [-0.15, -0.1) is 11.6 Å². The molecule has 0 spiro atoms. The predicted octanol–water partition coefficient (Wildman–Crippen LogP) is 1.51. The number of nitrogens with one attached hydrogen (secondary N) is 1. The average Bonchev–Trinajstić information content (AvgIpc) is 2.27. The summed E-state index contributed by atoms with van der Waals surface area (Å²) in [6.45, 7) is 0. The smallest absolute Gasteiger partial charge is 0.337 e. The first-order valence-electron chi connectivity index (χ1n) is 4.36. The summed E-state index contributed by atoms with van der Waals surface area (Å²) in [7, 11) is 0. The largest absolute Gasteiger partial charge is 0.478 e. The number of carboxylic acid groups (broad SMARTS) is 1. The Morgan fingerprint density at radius 1 is 1.50 bits per heavy atom. The number of aromatic carboxylic acids is 1. The predicted molar refractivity (Wildman–Crippen MR) is 59.7 cm³/mol. The number of alkyl halides is 1. The van der Waals surface area contributed by atoms with Gasteiger partial charge in [0, 0.05) is 18.2 Å². The number of halogens is 1. The van der Waals surface area contributed by atoms with Crippen LogP contribution in [0, 0.1) is 0 Å². The van der Waals surface area contributed by atoms with Gasteiger partial charge in [-0.2, -0.15) is 0 Å². The number of amides is 1. The first-order valence-corrected chi connectivity index (χ1v) is 4.90. The first kappa shape index (κ1) is 12.2. The van der Waals surface area contributed by atoms with Crippen LogP contribution in [0.3, 0.4) is 0 Å². The second-order valence-electron chi connectivity index (χ2n) is 2.78. The Bertz CT molecular complexity index is 415. The summed E-state index contributed by atoms with van der Waals surface area (Å²) in [4.78, 5) is 25.5. The van der Waals surface area contributed by atoms with Gasteiger partial charge in [-0.25, -0.2) is 9.78 Å². The van der Waals surface area contributed by atoms with Crippen LogP contribution in [0.15, 0.2) is 30.5 Å². The number of rotatable bonds is 4. The Labute approximate surface area is 96.8 Å². The van der Waals surface area contributed by atoms with E-state index in [4.69, 9.17) is 16.7 Å². The van der Waals surface area contributed by atoms with E-state index in [0.717, 1.165) is 0 Å². The van der Waals surface area contributed by atoms with Crippen LogP contribution in [0.5, 0.6) is 0 Å². The summed E-state index contributed by atoms with van der Waals surface area (Å²) in [5, 5.41) is 11.1. The van der Waals surface area contributed by atoms with Crippen molar-refractivity contribution < 1.29 is 14.7 Å². The summed E-state index contributed by atoms with van der Waals surface area (Å²) in [5.74, 6) is -0.892. The van der Waals surface area contributed by atoms with Crippen molar-refractivity contribution in [2.24, 2.45) is 0 Å². The third-order valence-electron chi connectivity index (χ3n) is 1.62. The lowest BCUT2D eigenvalue weighted by Gasteiger charge is -2.00. The first-order chi connectivity index (χ1) is 7.63. The molecule has 0 fully saturated rings. The van der Waals surface area contributed by atoms with Crippen molar-refractivity contribution in [2.75, 3.05) is 11.2 Å². The van der Waals surface area contributed by atoms with Crippen LogP contribution in [-0.4, -0.2) is 27.8 Å². The van der Waals surface area contributed by atoms with E-state index in [-0.39, 0.29) is 23.2 Å². The molecule has 0 atom stereocenters. The molecule has 1 aromatic heterocycles. The molecule has 0 saturated heterocycles. The Hall–Kier alpha value is -1.88. The molecule has 84 valence electrons. The minimum atomic E-state index is -1.06. The lowest BCUT2D eigenvalue weighted by molar-refractivity contribution is -0.111. The fraction of sp³-hybridized carbons (Fsp3) is 0.100. The molecule has 0 bridgehead atoms. The molecule has 0 aliphatic carbocycles. The standard InChI is InChI=1S/C10H9ClN2O3/c11-5-1-2-9(14)13-8-4-3-7(6-12-8)10(15)16/h1-4,6H,5H2,(H,15,16)(H,12,13,14). The van der Waals surface area contributed by atoms with Crippen molar-refractivity contribution in [1.29, 1.82) is 0 Å². The number of hydrogen-bond acceptors (Lipinski definition) is 3. The Kier molecular flexibility index (Phi) is 4.47. The van der Waals surface area contributed by atoms with Crippen molar-refractivity contribution in [3.63, 3.8) is 0 Å². The summed E-state index contributed by atoms with van der Waals surface area (Å²) < 4.78 is 0. The van der Waals surface area contributed by atoms with E-state index in [2.05, 4.69) is 10.3 Å². The number of carbonyl (C=O) groups excluding carboxylic acids is 1. The summed E-state index contributed by atoms with van der Waals surface area (Å²) in [6.07, 6.45) is 3.94. The van der Waals surface area contributed by atoms with Crippen molar-refractivity contribution in [3.8, 4) is 0 Å². The van der Waals surface area contributed by atoms with Gasteiger partial charge in [0.05, 0.1) is 5.56 Å². The molecule has 0 aliphatic heterocycles. The fourth-order valence-electron chi connectivity index (χ4n) is 0.914. The van der Waals surface area contributed by atoms with Gasteiger partial charge in [0.25, 0.3) is 0 Å². The molecular formula is C10H9ClN2O3. The van der Waals surface area contributed by atoms with Crippen LogP contribution in [0.4, 0.5) is 5.82 Å². The maximum absolute atomic E-state index is 11.2. The van der Waals surface area contributed by atoms with E-state index in [1.54, 1.807) is 0 Å². The van der Waals surface area contributed by atoms with Crippen LogP contribution in [-0.2, 0) is 4.79 Å². The Balaban J connectivity index is 2.65. The monoisotopic (exact) mass is 240 g/mol. The number of carboxylic acids is 1. The van der Waals surface area contributed by atoms with Crippen molar-refractivity contribution in [3.05, 3.63) is 36.0 Å². The van der Waals surface area contributed by atoms with Gasteiger partial charge >= 0.3 is 5.97 Å². The number of allylic oxidation sites excluding steroid dienone is 1. The molecule has 1 heterocycles. The van der Waals surface area contributed by atoms with E-state index < -0.39 is 5.97 Å². The van der Waals surface area contributed by atoms with Crippen LogP contribution in [0.1, 0.15) is 10.4 Å². The summed E-state index contributed by atoms with van der Waals surface area (Å²) in [5.41, 5.74) is 0.0642.